The highest BCUT2D eigenvalue weighted by molar-refractivity contribution is 5.74. The first-order valence-corrected chi connectivity index (χ1v) is 10.2. The number of rotatable bonds is 11. The molecule has 29 heavy (non-hydrogen) atoms. The number of hydrogen-bond donors (Lipinski definition) is 1. The standard InChI is InChI=1S/C24H28N2O3/c1-2-3-4-8-13-26-17-21(16-25-26)22-14-20(15-24(27)28)11-12-23(22)29-18-19-9-6-5-7-10-19/h5-7,9-12,14,16-17H,2-4,8,13,15,18H2,1H3,(H,27,28). The van der Waals surface area contributed by atoms with E-state index in [1.165, 1.54) is 19.3 Å². The van der Waals surface area contributed by atoms with Gasteiger partial charge in [-0.25, -0.2) is 0 Å². The maximum absolute atomic E-state index is 11.1. The minimum atomic E-state index is -0.847. The zero-order valence-electron chi connectivity index (χ0n) is 16.9. The molecule has 1 N–H and O–H groups in total. The third-order valence-electron chi connectivity index (χ3n) is 4.82. The largest absolute Gasteiger partial charge is 0.488 e. The highest BCUT2D eigenvalue weighted by Crippen LogP contribution is 2.32. The van der Waals surface area contributed by atoms with Gasteiger partial charge in [0.1, 0.15) is 12.4 Å². The van der Waals surface area contributed by atoms with Crippen LogP contribution in [0.1, 0.15) is 43.7 Å². The molecule has 5 heteroatoms. The molecule has 0 radical (unpaired) electrons. The van der Waals surface area contributed by atoms with Crippen molar-refractivity contribution in [3.05, 3.63) is 72.1 Å². The number of aliphatic carboxylic acids is 1. The second-order valence-corrected chi connectivity index (χ2v) is 7.23. The molecule has 0 aliphatic carbocycles. The lowest BCUT2D eigenvalue weighted by Gasteiger charge is -2.12. The van der Waals surface area contributed by atoms with Crippen LogP contribution in [0.25, 0.3) is 11.1 Å². The highest BCUT2D eigenvalue weighted by atomic mass is 16.5. The SMILES string of the molecule is CCCCCCn1cc(-c2cc(CC(=O)O)ccc2OCc2ccccc2)cn1. The Bertz CT molecular complexity index is 919. The molecule has 0 amide bonds. The Labute approximate surface area is 172 Å². The van der Waals surface area contributed by atoms with Crippen LogP contribution in [0.3, 0.4) is 0 Å². The van der Waals surface area contributed by atoms with Crippen molar-refractivity contribution in [2.24, 2.45) is 0 Å². The van der Waals surface area contributed by atoms with Crippen molar-refractivity contribution < 1.29 is 14.6 Å². The Morgan fingerprint density at radius 2 is 1.90 bits per heavy atom. The van der Waals surface area contributed by atoms with Gasteiger partial charge in [0.05, 0.1) is 12.6 Å². The van der Waals surface area contributed by atoms with E-state index in [1.807, 2.05) is 65.6 Å². The predicted molar refractivity (Wildman–Crippen MR) is 114 cm³/mol. The minimum Gasteiger partial charge on any atom is -0.488 e. The van der Waals surface area contributed by atoms with E-state index in [9.17, 15) is 4.79 Å². The van der Waals surface area contributed by atoms with Crippen molar-refractivity contribution in [2.75, 3.05) is 0 Å². The molecule has 0 atom stereocenters. The molecule has 1 aromatic heterocycles. The Kier molecular flexibility index (Phi) is 7.45. The number of aryl methyl sites for hydroxylation is 1. The summed E-state index contributed by atoms with van der Waals surface area (Å²) in [5, 5.41) is 13.6. The average Bonchev–Trinajstić information content (AvgIpc) is 3.19. The number of aromatic nitrogens is 2. The monoisotopic (exact) mass is 392 g/mol. The van der Waals surface area contributed by atoms with Gasteiger partial charge in [-0.1, -0.05) is 62.6 Å². The fourth-order valence-corrected chi connectivity index (χ4v) is 3.27. The van der Waals surface area contributed by atoms with Crippen molar-refractivity contribution in [1.82, 2.24) is 9.78 Å². The van der Waals surface area contributed by atoms with Crippen LogP contribution in [0.2, 0.25) is 0 Å². The van der Waals surface area contributed by atoms with Gasteiger partial charge in [0.25, 0.3) is 0 Å². The summed E-state index contributed by atoms with van der Waals surface area (Å²) >= 11 is 0. The molecular formula is C24H28N2O3. The molecule has 0 spiro atoms. The molecule has 0 saturated carbocycles. The summed E-state index contributed by atoms with van der Waals surface area (Å²) < 4.78 is 8.03. The summed E-state index contributed by atoms with van der Waals surface area (Å²) in [7, 11) is 0. The van der Waals surface area contributed by atoms with Crippen LogP contribution in [-0.4, -0.2) is 20.9 Å². The van der Waals surface area contributed by atoms with Crippen molar-refractivity contribution in [1.29, 1.82) is 0 Å². The molecule has 1 heterocycles. The lowest BCUT2D eigenvalue weighted by atomic mass is 10.0. The maximum atomic E-state index is 11.1. The number of benzene rings is 2. The van der Waals surface area contributed by atoms with Gasteiger partial charge in [0, 0.05) is 23.9 Å². The number of carboxylic acids is 1. The van der Waals surface area contributed by atoms with E-state index in [2.05, 4.69) is 12.0 Å². The molecule has 5 nitrogen and oxygen atoms in total. The summed E-state index contributed by atoms with van der Waals surface area (Å²) in [6.45, 7) is 3.54. The lowest BCUT2D eigenvalue weighted by molar-refractivity contribution is -0.136. The number of hydrogen-bond acceptors (Lipinski definition) is 3. The van der Waals surface area contributed by atoms with Gasteiger partial charge in [0.2, 0.25) is 0 Å². The quantitative estimate of drug-likeness (QED) is 0.448. The molecule has 0 bridgehead atoms. The first kappa shape index (κ1) is 20.6. The zero-order valence-corrected chi connectivity index (χ0v) is 16.9. The van der Waals surface area contributed by atoms with Crippen LogP contribution in [0.5, 0.6) is 5.75 Å². The summed E-state index contributed by atoms with van der Waals surface area (Å²) in [6, 6.07) is 15.6. The van der Waals surface area contributed by atoms with E-state index in [4.69, 9.17) is 9.84 Å². The normalized spacial score (nSPS) is 10.8. The van der Waals surface area contributed by atoms with Crippen molar-refractivity contribution >= 4 is 5.97 Å². The van der Waals surface area contributed by atoms with Gasteiger partial charge in [-0.05, 0) is 29.7 Å². The Morgan fingerprint density at radius 3 is 2.66 bits per heavy atom. The van der Waals surface area contributed by atoms with E-state index in [0.717, 1.165) is 41.0 Å². The summed E-state index contributed by atoms with van der Waals surface area (Å²) in [4.78, 5) is 11.1. The van der Waals surface area contributed by atoms with Gasteiger partial charge in [-0.15, -0.1) is 0 Å². The van der Waals surface area contributed by atoms with E-state index < -0.39 is 5.97 Å². The Hall–Kier alpha value is -3.08. The van der Waals surface area contributed by atoms with Crippen LogP contribution in [-0.2, 0) is 24.4 Å². The van der Waals surface area contributed by atoms with E-state index in [1.54, 1.807) is 0 Å². The molecule has 0 fully saturated rings. The van der Waals surface area contributed by atoms with Crippen molar-refractivity contribution in [3.8, 4) is 16.9 Å². The topological polar surface area (TPSA) is 64.4 Å². The molecule has 0 unspecified atom stereocenters. The van der Waals surface area contributed by atoms with Crippen LogP contribution < -0.4 is 4.74 Å². The third kappa shape index (κ3) is 6.21. The predicted octanol–water partition coefficient (Wildman–Crippen LogP) is 5.34. The number of carboxylic acid groups (broad SMARTS) is 1. The number of unbranched alkanes of at least 4 members (excludes halogenated alkanes) is 3. The second-order valence-electron chi connectivity index (χ2n) is 7.23. The first-order chi connectivity index (χ1) is 14.2. The van der Waals surface area contributed by atoms with Crippen LogP contribution in [0.15, 0.2) is 60.9 Å². The van der Waals surface area contributed by atoms with Crippen LogP contribution in [0.4, 0.5) is 0 Å². The number of carbonyl (C=O) groups is 1. The molecule has 0 aliphatic heterocycles. The number of nitrogens with zero attached hydrogens (tertiary/aromatic N) is 2. The molecule has 2 aromatic carbocycles. The average molecular weight is 392 g/mol. The van der Waals surface area contributed by atoms with Gasteiger partial charge >= 0.3 is 5.97 Å². The van der Waals surface area contributed by atoms with E-state index >= 15 is 0 Å². The van der Waals surface area contributed by atoms with Crippen molar-refractivity contribution in [3.63, 3.8) is 0 Å². The minimum absolute atomic E-state index is 0.0167. The lowest BCUT2D eigenvalue weighted by Crippen LogP contribution is -2.02. The first-order valence-electron chi connectivity index (χ1n) is 10.2. The molecule has 0 aliphatic rings. The van der Waals surface area contributed by atoms with E-state index in [-0.39, 0.29) is 6.42 Å². The summed E-state index contributed by atoms with van der Waals surface area (Å²) in [6.07, 6.45) is 8.58. The molecule has 3 aromatic rings. The fraction of sp³-hybridized carbons (Fsp3) is 0.333. The second kappa shape index (κ2) is 10.5. The molecule has 3 rings (SSSR count). The van der Waals surface area contributed by atoms with E-state index in [0.29, 0.717) is 6.61 Å². The van der Waals surface area contributed by atoms with Crippen molar-refractivity contribution in [2.45, 2.75) is 52.2 Å². The summed E-state index contributed by atoms with van der Waals surface area (Å²) in [5.41, 5.74) is 3.64. The fourth-order valence-electron chi connectivity index (χ4n) is 3.27. The molecule has 0 saturated heterocycles. The molecular weight excluding hydrogens is 364 g/mol. The van der Waals surface area contributed by atoms with Crippen LogP contribution in [0, 0.1) is 0 Å². The van der Waals surface area contributed by atoms with Crippen LogP contribution >= 0.6 is 0 Å². The molecule has 152 valence electrons. The Morgan fingerprint density at radius 1 is 1.07 bits per heavy atom. The zero-order chi connectivity index (χ0) is 20.5. The van der Waals surface area contributed by atoms with Gasteiger partial charge in [-0.3, -0.25) is 9.48 Å². The van der Waals surface area contributed by atoms with Gasteiger partial charge in [-0.2, -0.15) is 5.10 Å². The van der Waals surface area contributed by atoms with Gasteiger partial charge in [0.15, 0.2) is 0 Å². The highest BCUT2D eigenvalue weighted by Gasteiger charge is 2.12. The Balaban J connectivity index is 1.80. The number of ether oxygens (including phenoxy) is 1. The maximum Gasteiger partial charge on any atom is 0.307 e. The van der Waals surface area contributed by atoms with Gasteiger partial charge < -0.3 is 9.84 Å². The smallest absolute Gasteiger partial charge is 0.307 e. The summed E-state index contributed by atoms with van der Waals surface area (Å²) in [5.74, 6) is -0.117. The third-order valence-corrected chi connectivity index (χ3v) is 4.82.